The molecule has 1 atom stereocenters. The Bertz CT molecular complexity index is 798. The molecule has 2 aromatic carbocycles. The molecule has 26 heavy (non-hydrogen) atoms. The number of fused-ring (bicyclic) bond motifs is 1. The molecular formula is C19H20F3NO3. The molecule has 4 nitrogen and oxygen atoms in total. The number of ether oxygens (including phenoxy) is 1. The summed E-state index contributed by atoms with van der Waals surface area (Å²) in [5.41, 5.74) is 0.627. The third kappa shape index (κ3) is 4.08. The van der Waals surface area contributed by atoms with Gasteiger partial charge in [0, 0.05) is 17.4 Å². The van der Waals surface area contributed by atoms with E-state index in [2.05, 4.69) is 0 Å². The molecule has 0 bridgehead atoms. The molecule has 0 aliphatic heterocycles. The number of halogens is 3. The van der Waals surface area contributed by atoms with Gasteiger partial charge >= 0.3 is 6.18 Å². The van der Waals surface area contributed by atoms with E-state index in [9.17, 15) is 23.3 Å². The van der Waals surface area contributed by atoms with Crippen molar-refractivity contribution in [1.29, 1.82) is 0 Å². The van der Waals surface area contributed by atoms with Gasteiger partial charge in [0.05, 0.1) is 12.0 Å². The molecule has 1 fully saturated rings. The lowest BCUT2D eigenvalue weighted by Crippen LogP contribution is -2.31. The number of benzene rings is 2. The van der Waals surface area contributed by atoms with Crippen LogP contribution in [0.1, 0.15) is 44.2 Å². The van der Waals surface area contributed by atoms with Crippen molar-refractivity contribution in [2.75, 3.05) is 0 Å². The Morgan fingerprint density at radius 2 is 1.69 bits per heavy atom. The van der Waals surface area contributed by atoms with Crippen molar-refractivity contribution in [3.63, 3.8) is 0 Å². The molecule has 0 spiro atoms. The second kappa shape index (κ2) is 7.13. The Kier molecular flexibility index (Phi) is 5.07. The van der Waals surface area contributed by atoms with E-state index < -0.39 is 18.1 Å². The smallest absolute Gasteiger partial charge is 0.391 e. The number of hydrogen-bond acceptors (Lipinski definition) is 3. The topological polar surface area (TPSA) is 52.4 Å². The minimum Gasteiger partial charge on any atom is -0.490 e. The first-order valence-electron chi connectivity index (χ1n) is 8.64. The zero-order valence-corrected chi connectivity index (χ0v) is 14.3. The van der Waals surface area contributed by atoms with Gasteiger partial charge in [0.15, 0.2) is 0 Å². The second-order valence-corrected chi connectivity index (χ2v) is 6.86. The van der Waals surface area contributed by atoms with E-state index in [1.807, 2.05) is 12.1 Å². The quantitative estimate of drug-likeness (QED) is 0.516. The van der Waals surface area contributed by atoms with Gasteiger partial charge in [-0.3, -0.25) is 10.1 Å². The molecule has 140 valence electrons. The maximum Gasteiger partial charge on any atom is 0.391 e. The van der Waals surface area contributed by atoms with E-state index in [0.29, 0.717) is 24.2 Å². The fourth-order valence-electron chi connectivity index (χ4n) is 3.40. The molecule has 0 aromatic heterocycles. The average Bonchev–Trinajstić information content (AvgIpc) is 2.60. The van der Waals surface area contributed by atoms with Crippen LogP contribution in [0.3, 0.4) is 0 Å². The van der Waals surface area contributed by atoms with Crippen molar-refractivity contribution in [1.82, 2.24) is 0 Å². The molecule has 2 aromatic rings. The average molecular weight is 367 g/mol. The SMILES string of the molecule is CC(c1ccc2cc(O[C@H]3CC[C@H](C(F)(F)F)CC3)ccc2c1)[N+](=O)[O-]. The van der Waals surface area contributed by atoms with Crippen LogP contribution in [0.15, 0.2) is 36.4 Å². The number of rotatable bonds is 4. The third-order valence-electron chi connectivity index (χ3n) is 5.07. The molecule has 0 N–H and O–H groups in total. The van der Waals surface area contributed by atoms with E-state index in [4.69, 9.17) is 4.74 Å². The summed E-state index contributed by atoms with van der Waals surface area (Å²) in [6.07, 6.45) is -3.34. The second-order valence-electron chi connectivity index (χ2n) is 6.86. The minimum atomic E-state index is -4.12. The first kappa shape index (κ1) is 18.5. The zero-order chi connectivity index (χ0) is 18.9. The van der Waals surface area contributed by atoms with Crippen LogP contribution in [0.25, 0.3) is 10.8 Å². The molecule has 0 radical (unpaired) electrons. The Morgan fingerprint density at radius 3 is 2.31 bits per heavy atom. The molecule has 3 rings (SSSR count). The summed E-state index contributed by atoms with van der Waals surface area (Å²) in [7, 11) is 0. The van der Waals surface area contributed by atoms with Crippen molar-refractivity contribution in [3.8, 4) is 5.75 Å². The van der Waals surface area contributed by atoms with Crippen LogP contribution in [0.2, 0.25) is 0 Å². The first-order chi connectivity index (χ1) is 12.2. The highest BCUT2D eigenvalue weighted by Gasteiger charge is 2.41. The maximum absolute atomic E-state index is 12.7. The fourth-order valence-corrected chi connectivity index (χ4v) is 3.40. The summed E-state index contributed by atoms with van der Waals surface area (Å²) in [5.74, 6) is -0.607. The summed E-state index contributed by atoms with van der Waals surface area (Å²) in [4.78, 5) is 10.6. The van der Waals surface area contributed by atoms with Crippen LogP contribution >= 0.6 is 0 Å². The van der Waals surface area contributed by atoms with E-state index in [1.165, 1.54) is 6.92 Å². The minimum absolute atomic E-state index is 0.101. The molecule has 0 saturated heterocycles. The molecule has 0 heterocycles. The number of hydrogen-bond donors (Lipinski definition) is 0. The van der Waals surface area contributed by atoms with E-state index >= 15 is 0 Å². The molecule has 1 aliphatic carbocycles. The largest absolute Gasteiger partial charge is 0.490 e. The third-order valence-corrected chi connectivity index (χ3v) is 5.07. The molecule has 1 unspecified atom stereocenters. The van der Waals surface area contributed by atoms with Gasteiger partial charge in [0.2, 0.25) is 6.04 Å². The predicted molar refractivity (Wildman–Crippen MR) is 91.8 cm³/mol. The molecule has 1 aliphatic rings. The Labute approximate surface area is 149 Å². The van der Waals surface area contributed by atoms with Crippen LogP contribution < -0.4 is 4.74 Å². The fraction of sp³-hybridized carbons (Fsp3) is 0.474. The standard InChI is InChI=1S/C19H20F3NO3/c1-12(23(24)25)13-2-3-15-11-18(7-4-14(15)10-13)26-17-8-5-16(6-9-17)19(20,21)22/h2-4,7,10-12,16-17H,5-6,8-9H2,1H3/t12?,16-,17-. The summed E-state index contributed by atoms with van der Waals surface area (Å²) in [6.45, 7) is 1.54. The number of alkyl halides is 3. The van der Waals surface area contributed by atoms with Gasteiger partial charge in [-0.25, -0.2) is 0 Å². The Morgan fingerprint density at radius 1 is 1.08 bits per heavy atom. The van der Waals surface area contributed by atoms with Crippen molar-refractivity contribution < 1.29 is 22.8 Å². The first-order valence-corrected chi connectivity index (χ1v) is 8.64. The number of nitrogens with zero attached hydrogens (tertiary/aromatic N) is 1. The van der Waals surface area contributed by atoms with Gasteiger partial charge < -0.3 is 4.74 Å². The Balaban J connectivity index is 1.68. The lowest BCUT2D eigenvalue weighted by Gasteiger charge is -2.30. The van der Waals surface area contributed by atoms with Crippen molar-refractivity contribution in [2.24, 2.45) is 5.92 Å². The van der Waals surface area contributed by atoms with E-state index in [1.54, 1.807) is 24.3 Å². The zero-order valence-electron chi connectivity index (χ0n) is 14.3. The highest BCUT2D eigenvalue weighted by molar-refractivity contribution is 5.84. The van der Waals surface area contributed by atoms with Gasteiger partial charge in [0.1, 0.15) is 5.75 Å². The highest BCUT2D eigenvalue weighted by Crippen LogP contribution is 2.38. The van der Waals surface area contributed by atoms with Gasteiger partial charge in [-0.2, -0.15) is 13.2 Å². The normalized spacial score (nSPS) is 22.2. The monoisotopic (exact) mass is 367 g/mol. The highest BCUT2D eigenvalue weighted by atomic mass is 19.4. The van der Waals surface area contributed by atoms with E-state index in [-0.39, 0.29) is 23.9 Å². The van der Waals surface area contributed by atoms with Crippen LogP contribution in [-0.4, -0.2) is 17.2 Å². The predicted octanol–water partition coefficient (Wildman–Crippen LogP) is 5.68. The summed E-state index contributed by atoms with van der Waals surface area (Å²) in [5, 5.41) is 12.7. The number of nitro groups is 1. The summed E-state index contributed by atoms with van der Waals surface area (Å²) < 4.78 is 44.0. The Hall–Kier alpha value is -2.31. The summed E-state index contributed by atoms with van der Waals surface area (Å²) >= 11 is 0. The van der Waals surface area contributed by atoms with Crippen molar-refractivity contribution in [3.05, 3.63) is 52.1 Å². The van der Waals surface area contributed by atoms with Crippen LogP contribution in [0.5, 0.6) is 5.75 Å². The van der Waals surface area contributed by atoms with Gasteiger partial charge in [-0.15, -0.1) is 0 Å². The molecular weight excluding hydrogens is 347 g/mol. The molecule has 7 heteroatoms. The van der Waals surface area contributed by atoms with Crippen molar-refractivity contribution >= 4 is 10.8 Å². The molecule has 0 amide bonds. The van der Waals surface area contributed by atoms with Crippen molar-refractivity contribution in [2.45, 2.75) is 50.9 Å². The van der Waals surface area contributed by atoms with Gasteiger partial charge in [-0.05, 0) is 54.7 Å². The van der Waals surface area contributed by atoms with Gasteiger partial charge in [-0.1, -0.05) is 18.2 Å². The summed E-state index contributed by atoms with van der Waals surface area (Å²) in [6, 6.07) is 9.93. The molecule has 1 saturated carbocycles. The maximum atomic E-state index is 12.7. The van der Waals surface area contributed by atoms with Gasteiger partial charge in [0.25, 0.3) is 0 Å². The lowest BCUT2D eigenvalue weighted by molar-refractivity contribution is -0.524. The van der Waals surface area contributed by atoms with Crippen LogP contribution in [0.4, 0.5) is 13.2 Å². The van der Waals surface area contributed by atoms with Crippen LogP contribution in [-0.2, 0) is 0 Å². The lowest BCUT2D eigenvalue weighted by atomic mass is 9.87. The van der Waals surface area contributed by atoms with E-state index in [0.717, 1.165) is 10.8 Å². The van der Waals surface area contributed by atoms with Crippen LogP contribution in [0, 0.1) is 16.0 Å².